The average Bonchev–Trinajstić information content (AvgIpc) is 2.82. The molecule has 2 aromatic heterocycles. The number of alkyl halides is 3. The molecule has 0 bridgehead atoms. The molecule has 0 spiro atoms. The molecule has 1 fully saturated rings. The van der Waals surface area contributed by atoms with E-state index in [-0.39, 0.29) is 23.8 Å². The third kappa shape index (κ3) is 3.28. The maximum Gasteiger partial charge on any atom is 0.421 e. The number of nitrogens with zero attached hydrogens (tertiary/aromatic N) is 3. The van der Waals surface area contributed by atoms with Gasteiger partial charge in [-0.25, -0.2) is 13.9 Å². The van der Waals surface area contributed by atoms with Gasteiger partial charge in [-0.1, -0.05) is 13.8 Å². The molecule has 0 aromatic carbocycles. The quantitative estimate of drug-likeness (QED) is 0.822. The summed E-state index contributed by atoms with van der Waals surface area (Å²) in [6.45, 7) is 3.65. The molecule has 1 aliphatic heterocycles. The highest BCUT2D eigenvalue weighted by molar-refractivity contribution is 5.55. The van der Waals surface area contributed by atoms with Gasteiger partial charge in [-0.2, -0.15) is 13.2 Å². The molecule has 3 heterocycles. The summed E-state index contributed by atoms with van der Waals surface area (Å²) in [7, 11) is 0. The molecule has 2 atom stereocenters. The van der Waals surface area contributed by atoms with Crippen LogP contribution in [0.5, 0.6) is 0 Å². The molecular formula is C15H18F4N4O2. The molecule has 138 valence electrons. The summed E-state index contributed by atoms with van der Waals surface area (Å²) < 4.78 is 60.2. The molecule has 10 heteroatoms. The van der Waals surface area contributed by atoms with E-state index in [1.54, 1.807) is 0 Å². The van der Waals surface area contributed by atoms with Gasteiger partial charge >= 0.3 is 6.18 Å². The Labute approximate surface area is 140 Å². The van der Waals surface area contributed by atoms with E-state index in [4.69, 9.17) is 4.74 Å². The number of aliphatic hydroxyl groups is 1. The van der Waals surface area contributed by atoms with Gasteiger partial charge in [-0.15, -0.1) is 5.10 Å². The van der Waals surface area contributed by atoms with Crippen LogP contribution in [0.15, 0.2) is 6.20 Å². The topological polar surface area (TPSA) is 71.7 Å². The van der Waals surface area contributed by atoms with Gasteiger partial charge in [-0.05, 0) is 12.3 Å². The van der Waals surface area contributed by atoms with Gasteiger partial charge in [0.25, 0.3) is 0 Å². The summed E-state index contributed by atoms with van der Waals surface area (Å²) in [4.78, 5) is 3.89. The van der Waals surface area contributed by atoms with Crippen LogP contribution in [-0.4, -0.2) is 45.1 Å². The number of rotatable bonds is 3. The molecular weight excluding hydrogens is 344 g/mol. The molecule has 0 radical (unpaired) electrons. The van der Waals surface area contributed by atoms with Crippen molar-refractivity contribution in [1.29, 1.82) is 0 Å². The lowest BCUT2D eigenvalue weighted by molar-refractivity contribution is -0.140. The number of anilines is 1. The molecule has 3 rings (SSSR count). The van der Waals surface area contributed by atoms with Gasteiger partial charge in [0.05, 0.1) is 30.6 Å². The fourth-order valence-corrected chi connectivity index (χ4v) is 2.96. The summed E-state index contributed by atoms with van der Waals surface area (Å²) in [5.74, 6) is -1.97. The number of halogens is 4. The highest BCUT2D eigenvalue weighted by atomic mass is 19.4. The van der Waals surface area contributed by atoms with Crippen molar-refractivity contribution >= 4 is 11.5 Å². The lowest BCUT2D eigenvalue weighted by Crippen LogP contribution is -2.42. The van der Waals surface area contributed by atoms with Gasteiger partial charge in [0.15, 0.2) is 5.82 Å². The summed E-state index contributed by atoms with van der Waals surface area (Å²) >= 11 is 0. The van der Waals surface area contributed by atoms with Crippen molar-refractivity contribution in [3.8, 4) is 0 Å². The number of nitrogens with one attached hydrogen (secondary N) is 1. The average molecular weight is 362 g/mol. The summed E-state index contributed by atoms with van der Waals surface area (Å²) in [6.07, 6.45) is -4.11. The minimum absolute atomic E-state index is 0.0177. The number of ether oxygens (including phenoxy) is 1. The Bertz CT molecular complexity index is 775. The lowest BCUT2D eigenvalue weighted by atomic mass is 10.1. The third-order valence-corrected chi connectivity index (χ3v) is 4.13. The minimum Gasteiger partial charge on any atom is -0.389 e. The fraction of sp³-hybridized carbons (Fsp3) is 0.600. The van der Waals surface area contributed by atoms with Crippen molar-refractivity contribution in [3.05, 3.63) is 23.3 Å². The maximum atomic E-state index is 14.3. The Balaban J connectivity index is 2.06. The van der Waals surface area contributed by atoms with E-state index in [1.807, 2.05) is 0 Å². The molecule has 0 saturated carbocycles. The Morgan fingerprint density at radius 1 is 1.40 bits per heavy atom. The van der Waals surface area contributed by atoms with Crippen LogP contribution in [-0.2, 0) is 10.9 Å². The monoisotopic (exact) mass is 362 g/mol. The van der Waals surface area contributed by atoms with Gasteiger partial charge in [-0.3, -0.25) is 0 Å². The van der Waals surface area contributed by atoms with E-state index >= 15 is 0 Å². The van der Waals surface area contributed by atoms with E-state index in [1.165, 1.54) is 13.8 Å². The first-order chi connectivity index (χ1) is 11.7. The van der Waals surface area contributed by atoms with Crippen molar-refractivity contribution in [2.75, 3.05) is 18.5 Å². The van der Waals surface area contributed by atoms with E-state index in [9.17, 15) is 22.7 Å². The van der Waals surface area contributed by atoms with Crippen LogP contribution in [0.25, 0.3) is 5.52 Å². The van der Waals surface area contributed by atoms with Gasteiger partial charge in [0, 0.05) is 6.61 Å². The predicted octanol–water partition coefficient (Wildman–Crippen LogP) is 2.57. The van der Waals surface area contributed by atoms with E-state index in [2.05, 4.69) is 15.4 Å². The highest BCUT2D eigenvalue weighted by Crippen LogP contribution is 2.39. The van der Waals surface area contributed by atoms with Crippen LogP contribution in [0.2, 0.25) is 0 Å². The van der Waals surface area contributed by atoms with Crippen LogP contribution in [0.4, 0.5) is 23.5 Å². The zero-order valence-corrected chi connectivity index (χ0v) is 13.6. The van der Waals surface area contributed by atoms with Crippen LogP contribution >= 0.6 is 0 Å². The zero-order chi connectivity index (χ0) is 18.4. The van der Waals surface area contributed by atoms with E-state index in [0.29, 0.717) is 13.0 Å². The number of aliphatic hydroxyl groups excluding tert-OH is 1. The molecule has 2 N–H and O–H groups in total. The van der Waals surface area contributed by atoms with Crippen LogP contribution in [0.1, 0.15) is 37.4 Å². The van der Waals surface area contributed by atoms with Crippen molar-refractivity contribution in [2.24, 2.45) is 0 Å². The second-order valence-corrected chi connectivity index (χ2v) is 6.29. The van der Waals surface area contributed by atoms with Crippen molar-refractivity contribution < 1.29 is 27.4 Å². The molecule has 0 aliphatic carbocycles. The molecule has 25 heavy (non-hydrogen) atoms. The maximum absolute atomic E-state index is 14.3. The van der Waals surface area contributed by atoms with Gasteiger partial charge < -0.3 is 15.2 Å². The molecule has 0 amide bonds. The third-order valence-electron chi connectivity index (χ3n) is 4.13. The number of fused-ring (bicyclic) bond motifs is 1. The first kappa shape index (κ1) is 17.9. The Hall–Kier alpha value is -1.94. The second-order valence-electron chi connectivity index (χ2n) is 6.29. The Kier molecular flexibility index (Phi) is 4.58. The lowest BCUT2D eigenvalue weighted by Gasteiger charge is -2.28. The first-order valence-corrected chi connectivity index (χ1v) is 7.86. The zero-order valence-electron chi connectivity index (χ0n) is 13.6. The standard InChI is InChI=1S/C15H18F4N4O2/c1-7(2)13-11(15(17,18)19)12(16)9-5-20-14(22-23(9)13)21-8-3-4-25-6-10(8)24/h5,7-8,10,24H,3-4,6H2,1-2H3,(H,21,22)/t8-,10-/m1/s1. The van der Waals surface area contributed by atoms with E-state index in [0.717, 1.165) is 10.7 Å². The number of hydrogen-bond acceptors (Lipinski definition) is 5. The normalized spacial score (nSPS) is 21.9. The van der Waals surface area contributed by atoms with Crippen molar-refractivity contribution in [3.63, 3.8) is 0 Å². The first-order valence-electron chi connectivity index (χ1n) is 7.86. The SMILES string of the molecule is CC(C)c1c(C(F)(F)F)c(F)c2cnc(N[C@@H]3CCOC[C@H]3O)nn12. The molecule has 2 aromatic rings. The highest BCUT2D eigenvalue weighted by Gasteiger charge is 2.41. The van der Waals surface area contributed by atoms with Crippen molar-refractivity contribution in [2.45, 2.75) is 44.5 Å². The van der Waals surface area contributed by atoms with Crippen LogP contribution in [0, 0.1) is 5.82 Å². The van der Waals surface area contributed by atoms with Gasteiger partial charge in [0.2, 0.25) is 5.95 Å². The summed E-state index contributed by atoms with van der Waals surface area (Å²) in [5, 5.41) is 16.8. The fourth-order valence-electron chi connectivity index (χ4n) is 2.96. The molecule has 6 nitrogen and oxygen atoms in total. The summed E-state index contributed by atoms with van der Waals surface area (Å²) in [5.41, 5.74) is -1.92. The largest absolute Gasteiger partial charge is 0.421 e. The van der Waals surface area contributed by atoms with Crippen molar-refractivity contribution in [1.82, 2.24) is 14.6 Å². The molecule has 1 saturated heterocycles. The minimum atomic E-state index is -4.83. The second kappa shape index (κ2) is 6.41. The number of hydrogen-bond donors (Lipinski definition) is 2. The molecule has 1 aliphatic rings. The Morgan fingerprint density at radius 3 is 2.72 bits per heavy atom. The summed E-state index contributed by atoms with van der Waals surface area (Å²) in [6, 6.07) is -0.392. The smallest absolute Gasteiger partial charge is 0.389 e. The predicted molar refractivity (Wildman–Crippen MR) is 80.9 cm³/mol. The van der Waals surface area contributed by atoms with Gasteiger partial charge in [0.1, 0.15) is 11.1 Å². The molecule has 0 unspecified atom stereocenters. The van der Waals surface area contributed by atoms with E-state index < -0.39 is 35.6 Å². The Morgan fingerprint density at radius 2 is 2.12 bits per heavy atom. The number of aromatic nitrogens is 3. The van der Waals surface area contributed by atoms with Crippen LogP contribution in [0.3, 0.4) is 0 Å². The van der Waals surface area contributed by atoms with Crippen LogP contribution < -0.4 is 5.32 Å².